The highest BCUT2D eigenvalue weighted by atomic mass is 32.1. The normalized spacial score (nSPS) is 9.94. The van der Waals surface area contributed by atoms with E-state index in [0.29, 0.717) is 15.2 Å². The summed E-state index contributed by atoms with van der Waals surface area (Å²) in [7, 11) is 1.75. The number of nitrogens with one attached hydrogen (secondary N) is 1. The molecule has 0 aliphatic carbocycles. The molecule has 0 fully saturated rings. The first-order valence-electron chi connectivity index (χ1n) is 4.60. The molecule has 2 aromatic rings. The molecule has 0 spiro atoms. The number of hydrogen-bond acceptors (Lipinski definition) is 5. The van der Waals surface area contributed by atoms with Crippen LogP contribution < -0.4 is 5.32 Å². The van der Waals surface area contributed by atoms with Gasteiger partial charge in [-0.1, -0.05) is 12.2 Å². The van der Waals surface area contributed by atoms with Crippen molar-refractivity contribution in [3.8, 4) is 6.07 Å². The lowest BCUT2D eigenvalue weighted by molar-refractivity contribution is 0.625. The number of halogens is 1. The lowest BCUT2D eigenvalue weighted by Crippen LogP contribution is -1.93. The summed E-state index contributed by atoms with van der Waals surface area (Å²) in [6, 6.07) is 3.51. The van der Waals surface area contributed by atoms with Crippen LogP contribution in [-0.4, -0.2) is 8.94 Å². The maximum Gasteiger partial charge on any atom is 0.164 e. The van der Waals surface area contributed by atoms with Crippen LogP contribution in [-0.2, 0) is 7.05 Å². The molecule has 0 saturated carbocycles. The van der Waals surface area contributed by atoms with Crippen molar-refractivity contribution in [1.82, 2.24) is 8.94 Å². The highest BCUT2D eigenvalue weighted by Gasteiger charge is 2.11. The molecule has 4 nitrogen and oxygen atoms in total. The smallest absolute Gasteiger partial charge is 0.164 e. The van der Waals surface area contributed by atoms with Crippen molar-refractivity contribution in [1.29, 1.82) is 5.26 Å². The summed E-state index contributed by atoms with van der Waals surface area (Å²) in [4.78, 5) is 3.65. The molecular weight excluding hydrogens is 259 g/mol. The Morgan fingerprint density at radius 2 is 2.41 bits per heavy atom. The van der Waals surface area contributed by atoms with Gasteiger partial charge in [0.25, 0.3) is 0 Å². The van der Waals surface area contributed by atoms with E-state index in [9.17, 15) is 4.39 Å². The number of anilines is 2. The van der Waals surface area contributed by atoms with Gasteiger partial charge < -0.3 is 5.32 Å². The number of nitriles is 1. The van der Waals surface area contributed by atoms with Gasteiger partial charge in [-0.3, -0.25) is 8.94 Å². The molecule has 0 atom stereocenters. The molecular formula is C10H7FN4S2. The Labute approximate surface area is 106 Å². The maximum atomic E-state index is 13.4. The first kappa shape index (κ1) is 11.7. The molecule has 2 aromatic heterocycles. The standard InChI is InChI=1S/C10H7FN4S2/c1-15-10(16)6(4-12)9(17-15)14-8-2-3-13-5-7(8)11/h2-3,5H,1H3,(H,13,14). The van der Waals surface area contributed by atoms with Crippen molar-refractivity contribution in [3.63, 3.8) is 0 Å². The maximum absolute atomic E-state index is 13.4. The molecule has 0 bridgehead atoms. The van der Waals surface area contributed by atoms with Gasteiger partial charge in [0.05, 0.1) is 11.9 Å². The van der Waals surface area contributed by atoms with Crippen LogP contribution >= 0.6 is 23.8 Å². The zero-order valence-electron chi connectivity index (χ0n) is 8.77. The van der Waals surface area contributed by atoms with Gasteiger partial charge in [-0.2, -0.15) is 5.26 Å². The Balaban J connectivity index is 2.45. The molecule has 86 valence electrons. The van der Waals surface area contributed by atoms with Crippen LogP contribution in [0.4, 0.5) is 15.1 Å². The van der Waals surface area contributed by atoms with Gasteiger partial charge in [-0.15, -0.1) is 0 Å². The summed E-state index contributed by atoms with van der Waals surface area (Å²) in [5.41, 5.74) is 0.622. The number of pyridine rings is 1. The van der Waals surface area contributed by atoms with Crippen LogP contribution in [0.3, 0.4) is 0 Å². The minimum atomic E-state index is -0.474. The predicted molar refractivity (Wildman–Crippen MR) is 66.3 cm³/mol. The highest BCUT2D eigenvalue weighted by molar-refractivity contribution is 7.71. The fourth-order valence-electron chi connectivity index (χ4n) is 1.26. The quantitative estimate of drug-likeness (QED) is 0.849. The minimum absolute atomic E-state index is 0.272. The third-order valence-corrected chi connectivity index (χ3v) is 3.63. The number of hydrogen-bond donors (Lipinski definition) is 1. The largest absolute Gasteiger partial charge is 0.342 e. The lowest BCUT2D eigenvalue weighted by Gasteiger charge is -2.03. The van der Waals surface area contributed by atoms with Crippen molar-refractivity contribution < 1.29 is 4.39 Å². The van der Waals surface area contributed by atoms with Gasteiger partial charge in [0.2, 0.25) is 0 Å². The minimum Gasteiger partial charge on any atom is -0.342 e. The summed E-state index contributed by atoms with van der Waals surface area (Å²) in [5, 5.41) is 12.4. The molecule has 0 amide bonds. The second kappa shape index (κ2) is 4.61. The van der Waals surface area contributed by atoms with Gasteiger partial charge in [0.15, 0.2) is 5.82 Å². The number of nitrogens with zero attached hydrogens (tertiary/aromatic N) is 3. The van der Waals surface area contributed by atoms with E-state index in [-0.39, 0.29) is 5.69 Å². The molecule has 0 saturated heterocycles. The second-order valence-electron chi connectivity index (χ2n) is 3.19. The van der Waals surface area contributed by atoms with E-state index in [0.717, 1.165) is 6.20 Å². The van der Waals surface area contributed by atoms with E-state index in [1.807, 2.05) is 6.07 Å². The summed E-state index contributed by atoms with van der Waals surface area (Å²) in [5.74, 6) is -0.474. The van der Waals surface area contributed by atoms with Gasteiger partial charge in [0, 0.05) is 13.2 Å². The molecule has 0 aromatic carbocycles. The van der Waals surface area contributed by atoms with Gasteiger partial charge >= 0.3 is 0 Å². The number of aromatic nitrogens is 2. The molecule has 1 N–H and O–H groups in total. The van der Waals surface area contributed by atoms with E-state index >= 15 is 0 Å². The molecule has 0 aliphatic heterocycles. The molecule has 0 aliphatic rings. The Hall–Kier alpha value is -1.78. The van der Waals surface area contributed by atoms with E-state index in [2.05, 4.69) is 10.3 Å². The van der Waals surface area contributed by atoms with E-state index in [1.165, 1.54) is 23.8 Å². The molecule has 2 heterocycles. The highest BCUT2D eigenvalue weighted by Crippen LogP contribution is 2.28. The van der Waals surface area contributed by atoms with Crippen LogP contribution in [0.15, 0.2) is 18.5 Å². The van der Waals surface area contributed by atoms with Crippen molar-refractivity contribution in [2.45, 2.75) is 0 Å². The number of rotatable bonds is 2. The summed E-state index contributed by atoms with van der Waals surface area (Å²) in [6.45, 7) is 0. The number of aryl methyl sites for hydroxylation is 1. The third kappa shape index (κ3) is 2.18. The van der Waals surface area contributed by atoms with Gasteiger partial charge in [-0.05, 0) is 17.6 Å². The Bertz CT molecular complexity index is 653. The lowest BCUT2D eigenvalue weighted by atomic mass is 10.3. The molecule has 17 heavy (non-hydrogen) atoms. The second-order valence-corrected chi connectivity index (χ2v) is 4.72. The van der Waals surface area contributed by atoms with Crippen LogP contribution in [0, 0.1) is 21.8 Å². The first-order valence-corrected chi connectivity index (χ1v) is 5.78. The third-order valence-electron chi connectivity index (χ3n) is 2.09. The molecule has 0 radical (unpaired) electrons. The van der Waals surface area contributed by atoms with E-state index in [1.54, 1.807) is 11.0 Å². The first-order chi connectivity index (χ1) is 8.13. The monoisotopic (exact) mass is 266 g/mol. The van der Waals surface area contributed by atoms with Crippen LogP contribution in [0.25, 0.3) is 0 Å². The van der Waals surface area contributed by atoms with Crippen molar-refractivity contribution >= 4 is 34.4 Å². The molecule has 2 rings (SSSR count). The SMILES string of the molecule is Cn1sc(Nc2ccncc2F)c(C#N)c1=S. The summed E-state index contributed by atoms with van der Waals surface area (Å²) < 4.78 is 15.5. The zero-order valence-corrected chi connectivity index (χ0v) is 10.4. The van der Waals surface area contributed by atoms with Crippen LogP contribution in [0.2, 0.25) is 0 Å². The Morgan fingerprint density at radius 1 is 1.65 bits per heavy atom. The summed E-state index contributed by atoms with van der Waals surface area (Å²) >= 11 is 6.33. The Morgan fingerprint density at radius 3 is 3.06 bits per heavy atom. The fourth-order valence-corrected chi connectivity index (χ4v) is 2.42. The Kier molecular flexibility index (Phi) is 3.17. The van der Waals surface area contributed by atoms with Crippen LogP contribution in [0.1, 0.15) is 5.56 Å². The van der Waals surface area contributed by atoms with Crippen molar-refractivity contribution in [2.75, 3.05) is 5.32 Å². The topological polar surface area (TPSA) is 53.6 Å². The molecule has 7 heteroatoms. The average molecular weight is 266 g/mol. The fraction of sp³-hybridized carbons (Fsp3) is 0.100. The zero-order chi connectivity index (χ0) is 12.4. The van der Waals surface area contributed by atoms with Gasteiger partial charge in [-0.25, -0.2) is 4.39 Å². The molecule has 0 unspecified atom stereocenters. The summed E-state index contributed by atoms with van der Waals surface area (Å²) in [6.07, 6.45) is 2.58. The van der Waals surface area contributed by atoms with Crippen molar-refractivity contribution in [2.24, 2.45) is 7.05 Å². The van der Waals surface area contributed by atoms with Gasteiger partial charge in [0.1, 0.15) is 21.3 Å². The van der Waals surface area contributed by atoms with E-state index in [4.69, 9.17) is 17.5 Å². The average Bonchev–Trinajstić information content (AvgIpc) is 2.58. The van der Waals surface area contributed by atoms with E-state index < -0.39 is 5.82 Å². The predicted octanol–water partition coefficient (Wildman–Crippen LogP) is 2.97. The van der Waals surface area contributed by atoms with Crippen LogP contribution in [0.5, 0.6) is 0 Å². The van der Waals surface area contributed by atoms with Crippen molar-refractivity contribution in [3.05, 3.63) is 34.5 Å².